The van der Waals surface area contributed by atoms with E-state index in [1.165, 1.54) is 11.9 Å². The van der Waals surface area contributed by atoms with E-state index in [4.69, 9.17) is 0 Å². The van der Waals surface area contributed by atoms with Gasteiger partial charge in [0.25, 0.3) is 0 Å². The van der Waals surface area contributed by atoms with Crippen LogP contribution < -0.4 is 5.32 Å². The highest BCUT2D eigenvalue weighted by Crippen LogP contribution is 2.33. The lowest BCUT2D eigenvalue weighted by molar-refractivity contribution is -0.126. The van der Waals surface area contributed by atoms with Gasteiger partial charge in [0.2, 0.25) is 0 Å². The van der Waals surface area contributed by atoms with Gasteiger partial charge in [0, 0.05) is 47.7 Å². The largest absolute Gasteiger partial charge is 0.393 e. The number of halogens is 3. The van der Waals surface area contributed by atoms with E-state index in [-0.39, 0.29) is 10.9 Å². The highest BCUT2D eigenvalue weighted by molar-refractivity contribution is 7.18. The molecule has 7 nitrogen and oxygen atoms in total. The Morgan fingerprint density at radius 1 is 1.10 bits per heavy atom. The number of hydrogen-bond donors (Lipinski definition) is 1. The second-order valence-electron chi connectivity index (χ2n) is 10.0. The number of likely N-dealkylation sites (tertiary alicyclic amines) is 1. The fourth-order valence-corrected chi connectivity index (χ4v) is 6.38. The second kappa shape index (κ2) is 10.4. The number of nitrogens with one attached hydrogen (secondary N) is 1. The minimum atomic E-state index is -4.25. The van der Waals surface area contributed by atoms with Crippen molar-refractivity contribution in [3.8, 4) is 6.07 Å². The Balaban J connectivity index is 1.09. The van der Waals surface area contributed by atoms with Crippen molar-refractivity contribution < 1.29 is 13.2 Å². The van der Waals surface area contributed by atoms with Crippen LogP contribution >= 0.6 is 11.3 Å². The van der Waals surface area contributed by atoms with Crippen LogP contribution in [0.5, 0.6) is 0 Å². The molecule has 0 atom stereocenters. The summed E-state index contributed by atoms with van der Waals surface area (Å²) in [5.41, 5.74) is 4.01. The van der Waals surface area contributed by atoms with Gasteiger partial charge in [0.05, 0.1) is 24.9 Å². The van der Waals surface area contributed by atoms with Crippen molar-refractivity contribution in [2.45, 2.75) is 44.6 Å². The molecule has 2 aliphatic rings. The minimum absolute atomic E-state index is 0.188. The molecule has 5 heterocycles. The van der Waals surface area contributed by atoms with Gasteiger partial charge >= 0.3 is 6.18 Å². The third kappa shape index (κ3) is 5.67. The number of thiophene rings is 1. The van der Waals surface area contributed by atoms with Gasteiger partial charge in [-0.15, -0.1) is 11.3 Å². The number of allylic oxidation sites excluding steroid dienone is 1. The van der Waals surface area contributed by atoms with Crippen LogP contribution in [0.25, 0.3) is 21.1 Å². The van der Waals surface area contributed by atoms with E-state index in [2.05, 4.69) is 55.5 Å². The molecule has 0 unspecified atom stereocenters. The molecule has 0 bridgehead atoms. The van der Waals surface area contributed by atoms with Crippen LogP contribution in [-0.4, -0.2) is 57.5 Å². The summed E-state index contributed by atoms with van der Waals surface area (Å²) in [5, 5.41) is 14.8. The van der Waals surface area contributed by atoms with E-state index in [0.29, 0.717) is 34.8 Å². The first-order valence-electron chi connectivity index (χ1n) is 12.8. The van der Waals surface area contributed by atoms with Crippen LogP contribution in [0.4, 0.5) is 19.0 Å². The summed E-state index contributed by atoms with van der Waals surface area (Å²) < 4.78 is 40.6. The molecule has 1 saturated heterocycles. The summed E-state index contributed by atoms with van der Waals surface area (Å²) >= 11 is 1.07. The number of piperidine rings is 1. The Hall–Kier alpha value is -3.75. The van der Waals surface area contributed by atoms with E-state index in [1.807, 2.05) is 16.8 Å². The topological polar surface area (TPSA) is 82.1 Å². The van der Waals surface area contributed by atoms with Crippen molar-refractivity contribution in [3.63, 3.8) is 0 Å². The van der Waals surface area contributed by atoms with Crippen molar-refractivity contribution in [2.75, 3.05) is 25.0 Å². The van der Waals surface area contributed by atoms with Gasteiger partial charge in [-0.1, -0.05) is 12.1 Å². The maximum absolute atomic E-state index is 12.9. The summed E-state index contributed by atoms with van der Waals surface area (Å²) in [5.74, 6) is 0.603. The molecule has 11 heteroatoms. The van der Waals surface area contributed by atoms with Gasteiger partial charge in [0.15, 0.2) is 0 Å². The first-order chi connectivity index (χ1) is 18.8. The van der Waals surface area contributed by atoms with Crippen molar-refractivity contribution in [1.29, 1.82) is 5.26 Å². The summed E-state index contributed by atoms with van der Waals surface area (Å²) in [6, 6.07) is 12.4. The zero-order valence-electron chi connectivity index (χ0n) is 21.1. The van der Waals surface area contributed by atoms with Crippen LogP contribution in [0.15, 0.2) is 53.3 Å². The summed E-state index contributed by atoms with van der Waals surface area (Å²) in [6.45, 7) is 3.95. The lowest BCUT2D eigenvalue weighted by Gasteiger charge is -2.32. The molecular formula is C28H26F3N7S. The highest BCUT2D eigenvalue weighted by Gasteiger charge is 2.29. The number of anilines is 1. The number of aromatic nitrogens is 3. The highest BCUT2D eigenvalue weighted by atomic mass is 32.1. The van der Waals surface area contributed by atoms with Crippen molar-refractivity contribution in [2.24, 2.45) is 4.99 Å². The predicted molar refractivity (Wildman–Crippen MR) is 147 cm³/mol. The molecule has 0 radical (unpaired) electrons. The smallest absolute Gasteiger partial charge is 0.367 e. The number of nitriles is 1. The minimum Gasteiger partial charge on any atom is -0.367 e. The number of hydrogen-bond acceptors (Lipinski definition) is 7. The van der Waals surface area contributed by atoms with E-state index in [9.17, 15) is 18.4 Å². The zero-order valence-corrected chi connectivity index (χ0v) is 21.9. The first-order valence-corrected chi connectivity index (χ1v) is 13.7. The average Bonchev–Trinajstić information content (AvgIpc) is 3.64. The number of rotatable bonds is 7. The van der Waals surface area contributed by atoms with Crippen LogP contribution in [0.1, 0.15) is 29.0 Å². The van der Waals surface area contributed by atoms with E-state index < -0.39 is 12.6 Å². The number of nitrogens with zero attached hydrogens (tertiary/aromatic N) is 6. The summed E-state index contributed by atoms with van der Waals surface area (Å²) in [7, 11) is 0. The summed E-state index contributed by atoms with van der Waals surface area (Å²) in [4.78, 5) is 16.0. The maximum atomic E-state index is 12.9. The Labute approximate surface area is 227 Å². The van der Waals surface area contributed by atoms with E-state index in [0.717, 1.165) is 60.3 Å². The Morgan fingerprint density at radius 2 is 1.95 bits per heavy atom. The summed E-state index contributed by atoms with van der Waals surface area (Å²) in [6.07, 6.45) is 1.97. The molecule has 2 aliphatic heterocycles. The van der Waals surface area contributed by atoms with Crippen LogP contribution in [-0.2, 0) is 19.5 Å². The van der Waals surface area contributed by atoms with Gasteiger partial charge in [-0.25, -0.2) is 9.97 Å². The molecule has 39 heavy (non-hydrogen) atoms. The quantitative estimate of drug-likeness (QED) is 0.319. The molecule has 6 rings (SSSR count). The van der Waals surface area contributed by atoms with Gasteiger partial charge in [-0.2, -0.15) is 18.4 Å². The fraction of sp³-hybridized carbons (Fsp3) is 0.357. The van der Waals surface area contributed by atoms with Crippen molar-refractivity contribution in [1.82, 2.24) is 19.4 Å². The monoisotopic (exact) mass is 549 g/mol. The molecule has 0 amide bonds. The average molecular weight is 550 g/mol. The zero-order chi connectivity index (χ0) is 27.0. The molecule has 1 fully saturated rings. The molecular weight excluding hydrogens is 523 g/mol. The number of alkyl halides is 3. The Bertz CT molecular complexity index is 1620. The number of benzene rings is 1. The standard InChI is InChI=1S/C28H26F3N7S/c29-28(30,31)12-23-11-24-26(34-17-35-27(24)39-23)36-21-4-7-37(8-5-21)15-18-1-2-25-20(9-18)10-22(13-32)38(25)16-19-3-6-33-14-19/h1-3,9-11,14,17,21H,4-8,12,15-16H2,(H,34,35,36). The Kier molecular flexibility index (Phi) is 6.83. The van der Waals surface area contributed by atoms with Crippen LogP contribution in [0.2, 0.25) is 0 Å². The molecule has 1 N–H and O–H groups in total. The van der Waals surface area contributed by atoms with Crippen molar-refractivity contribution in [3.05, 3.63) is 64.4 Å². The third-order valence-electron chi connectivity index (χ3n) is 7.23. The van der Waals surface area contributed by atoms with Gasteiger partial charge < -0.3 is 9.88 Å². The molecule has 3 aromatic heterocycles. The van der Waals surface area contributed by atoms with Gasteiger partial charge in [-0.05, 0) is 48.2 Å². The SMILES string of the molecule is N#Cc1cc2cc(CN3CCC(Nc4ncnc5sc(CC(F)(F)F)cc45)CC3)ccc2n1CC1=CCN=C1. The molecule has 4 aromatic rings. The van der Waals surface area contributed by atoms with Gasteiger partial charge in [0.1, 0.15) is 28.7 Å². The van der Waals surface area contributed by atoms with Crippen LogP contribution in [0, 0.1) is 11.3 Å². The predicted octanol–water partition coefficient (Wildman–Crippen LogP) is 5.71. The second-order valence-corrected chi connectivity index (χ2v) is 11.1. The molecule has 0 spiro atoms. The molecule has 0 saturated carbocycles. The third-order valence-corrected chi connectivity index (χ3v) is 8.27. The van der Waals surface area contributed by atoms with Crippen LogP contribution in [0.3, 0.4) is 0 Å². The van der Waals surface area contributed by atoms with Crippen molar-refractivity contribution >= 4 is 44.5 Å². The Morgan fingerprint density at radius 3 is 2.69 bits per heavy atom. The lowest BCUT2D eigenvalue weighted by atomic mass is 10.0. The lowest BCUT2D eigenvalue weighted by Crippen LogP contribution is -2.38. The van der Waals surface area contributed by atoms with E-state index in [1.54, 1.807) is 6.07 Å². The first kappa shape index (κ1) is 25.5. The normalized spacial score (nSPS) is 16.7. The number of fused-ring (bicyclic) bond motifs is 2. The molecule has 0 aliphatic carbocycles. The maximum Gasteiger partial charge on any atom is 0.393 e. The number of aliphatic imine (C=N–C) groups is 1. The van der Waals surface area contributed by atoms with E-state index >= 15 is 0 Å². The van der Waals surface area contributed by atoms with Gasteiger partial charge in [-0.3, -0.25) is 9.89 Å². The fourth-order valence-electron chi connectivity index (χ4n) is 5.35. The molecule has 1 aromatic carbocycles. The molecule has 200 valence electrons.